The molecule has 2 fully saturated rings. The number of carbonyl (C=O) groups is 2. The van der Waals surface area contributed by atoms with E-state index in [2.05, 4.69) is 23.3 Å². The predicted molar refractivity (Wildman–Crippen MR) is 136 cm³/mol. The summed E-state index contributed by atoms with van der Waals surface area (Å²) in [5, 5.41) is 3.83. The molecular weight excluding hydrogens is 461 g/mol. The topological polar surface area (TPSA) is 62.3 Å². The predicted octanol–water partition coefficient (Wildman–Crippen LogP) is 5.48. The largest absolute Gasteiger partial charge is 0.350 e. The first-order valence-corrected chi connectivity index (χ1v) is 13.0. The van der Waals surface area contributed by atoms with Gasteiger partial charge in [0.15, 0.2) is 0 Å². The molecule has 1 saturated carbocycles. The number of carbonyl (C=O) groups excluding carboxylic acids is 2. The Morgan fingerprint density at radius 3 is 2.71 bits per heavy atom. The van der Waals surface area contributed by atoms with Crippen molar-refractivity contribution in [3.63, 3.8) is 0 Å². The van der Waals surface area contributed by atoms with Gasteiger partial charge in [0.25, 0.3) is 11.8 Å². The van der Waals surface area contributed by atoms with Crippen LogP contribution in [0, 0.1) is 37.4 Å². The minimum Gasteiger partial charge on any atom is -0.350 e. The Hall–Kier alpha value is -3.06. The number of hydrogen-bond acceptors (Lipinski definition) is 4. The molecule has 1 unspecified atom stereocenters. The van der Waals surface area contributed by atoms with E-state index in [0.29, 0.717) is 36.5 Å². The number of aromatic nitrogens is 1. The minimum atomic E-state index is -0.442. The normalized spacial score (nSPS) is 23.4. The zero-order valence-electron chi connectivity index (χ0n) is 20.3. The SMILES string of the molecule is Cc1cccc(-c2sc(C)nc2C(=O)N2C[C@@H]3CC(C)C[C@@H]3[C@H]2CNC(=O)c2cccc(F)c2)c1. The van der Waals surface area contributed by atoms with E-state index in [1.54, 1.807) is 6.07 Å². The number of benzene rings is 2. The summed E-state index contributed by atoms with van der Waals surface area (Å²) in [5.41, 5.74) is 2.92. The number of aryl methyl sites for hydroxylation is 2. The monoisotopic (exact) mass is 491 g/mol. The number of thiazole rings is 1. The maximum absolute atomic E-state index is 13.9. The lowest BCUT2D eigenvalue weighted by Crippen LogP contribution is -2.46. The molecule has 0 bridgehead atoms. The molecule has 35 heavy (non-hydrogen) atoms. The fourth-order valence-corrected chi connectivity index (χ4v) is 6.77. The van der Waals surface area contributed by atoms with Crippen molar-refractivity contribution in [1.29, 1.82) is 0 Å². The number of nitrogens with one attached hydrogen (secondary N) is 1. The minimum absolute atomic E-state index is 0.0714. The average molecular weight is 492 g/mol. The first-order chi connectivity index (χ1) is 16.8. The van der Waals surface area contributed by atoms with Crippen molar-refractivity contribution in [2.75, 3.05) is 13.1 Å². The first kappa shape index (κ1) is 23.7. The number of fused-ring (bicyclic) bond motifs is 1. The van der Waals surface area contributed by atoms with Gasteiger partial charge in [-0.1, -0.05) is 42.8 Å². The van der Waals surface area contributed by atoms with Crippen molar-refractivity contribution in [3.05, 3.63) is 76.2 Å². The quantitative estimate of drug-likeness (QED) is 0.514. The van der Waals surface area contributed by atoms with Crippen LogP contribution in [0.1, 0.15) is 51.2 Å². The van der Waals surface area contributed by atoms with E-state index >= 15 is 0 Å². The van der Waals surface area contributed by atoms with E-state index in [0.717, 1.165) is 33.9 Å². The number of likely N-dealkylation sites (tertiary alicyclic amines) is 1. The van der Waals surface area contributed by atoms with E-state index in [1.807, 2.05) is 36.9 Å². The van der Waals surface area contributed by atoms with E-state index < -0.39 is 5.82 Å². The maximum Gasteiger partial charge on any atom is 0.274 e. The van der Waals surface area contributed by atoms with Crippen molar-refractivity contribution < 1.29 is 14.0 Å². The van der Waals surface area contributed by atoms with Gasteiger partial charge in [-0.3, -0.25) is 9.59 Å². The summed E-state index contributed by atoms with van der Waals surface area (Å²) >= 11 is 1.54. The van der Waals surface area contributed by atoms with Gasteiger partial charge >= 0.3 is 0 Å². The molecule has 0 spiro atoms. The van der Waals surface area contributed by atoms with E-state index in [-0.39, 0.29) is 23.4 Å². The molecule has 2 amide bonds. The van der Waals surface area contributed by atoms with Crippen molar-refractivity contribution in [1.82, 2.24) is 15.2 Å². The van der Waals surface area contributed by atoms with Gasteiger partial charge in [0.1, 0.15) is 11.5 Å². The van der Waals surface area contributed by atoms with Crippen molar-refractivity contribution in [2.24, 2.45) is 17.8 Å². The highest BCUT2D eigenvalue weighted by molar-refractivity contribution is 7.15. The highest BCUT2D eigenvalue weighted by Crippen LogP contribution is 2.45. The zero-order valence-corrected chi connectivity index (χ0v) is 21.1. The second-order valence-corrected chi connectivity index (χ2v) is 11.2. The molecule has 1 aliphatic heterocycles. The molecule has 4 atom stereocenters. The standard InChI is InChI=1S/C28H30FN3O2S/c1-16-6-4-7-19(10-16)26-25(31-18(3)35-26)28(34)32-15-21-11-17(2)12-23(21)24(32)14-30-27(33)20-8-5-9-22(29)13-20/h4-10,13,17,21,23-24H,11-12,14-15H2,1-3H3,(H,30,33)/t17?,21-,23-,24+/m0/s1. The Bertz CT molecular complexity index is 1270. The molecule has 2 aliphatic rings. The molecule has 1 N–H and O–H groups in total. The summed E-state index contributed by atoms with van der Waals surface area (Å²) in [6.45, 7) is 7.25. The third-order valence-corrected chi connectivity index (χ3v) is 8.37. The third-order valence-electron chi connectivity index (χ3n) is 7.35. The van der Waals surface area contributed by atoms with E-state index in [4.69, 9.17) is 0 Å². The van der Waals surface area contributed by atoms with Crippen LogP contribution in [-0.4, -0.2) is 40.8 Å². The summed E-state index contributed by atoms with van der Waals surface area (Å²) in [5.74, 6) is 0.529. The highest BCUT2D eigenvalue weighted by Gasteiger charge is 2.48. The van der Waals surface area contributed by atoms with Gasteiger partial charge in [-0.25, -0.2) is 9.37 Å². The molecule has 5 rings (SSSR count). The molecule has 3 aromatic rings. The van der Waals surface area contributed by atoms with Crippen molar-refractivity contribution in [3.8, 4) is 10.4 Å². The van der Waals surface area contributed by atoms with Crippen LogP contribution in [-0.2, 0) is 0 Å². The van der Waals surface area contributed by atoms with Gasteiger partial charge < -0.3 is 10.2 Å². The zero-order chi connectivity index (χ0) is 24.7. The molecular formula is C28H30FN3O2S. The van der Waals surface area contributed by atoms with Gasteiger partial charge in [0.2, 0.25) is 0 Å². The van der Waals surface area contributed by atoms with Gasteiger partial charge in [-0.05, 0) is 68.2 Å². The number of hydrogen-bond donors (Lipinski definition) is 1. The molecule has 182 valence electrons. The fraction of sp³-hybridized carbons (Fsp3) is 0.393. The summed E-state index contributed by atoms with van der Waals surface area (Å²) in [6, 6.07) is 13.7. The van der Waals surface area contributed by atoms with Gasteiger partial charge in [-0.15, -0.1) is 11.3 Å². The Balaban J connectivity index is 1.41. The third kappa shape index (κ3) is 4.74. The summed E-state index contributed by atoms with van der Waals surface area (Å²) in [6.07, 6.45) is 2.12. The van der Waals surface area contributed by atoms with Crippen LogP contribution in [0.25, 0.3) is 10.4 Å². The smallest absolute Gasteiger partial charge is 0.274 e. The average Bonchev–Trinajstić information content (AvgIpc) is 3.49. The molecule has 1 aliphatic carbocycles. The molecule has 2 aromatic carbocycles. The Morgan fingerprint density at radius 1 is 1.14 bits per heavy atom. The molecule has 7 heteroatoms. The molecule has 1 aromatic heterocycles. The highest BCUT2D eigenvalue weighted by atomic mass is 32.1. The van der Waals surface area contributed by atoms with Gasteiger partial charge in [0.05, 0.1) is 15.9 Å². The molecule has 5 nitrogen and oxygen atoms in total. The van der Waals surface area contributed by atoms with Crippen molar-refractivity contribution >= 4 is 23.2 Å². The van der Waals surface area contributed by atoms with Crippen LogP contribution in [0.3, 0.4) is 0 Å². The molecule has 2 heterocycles. The molecule has 1 saturated heterocycles. The van der Waals surface area contributed by atoms with Crippen LogP contribution in [0.2, 0.25) is 0 Å². The van der Waals surface area contributed by atoms with Crippen molar-refractivity contribution in [2.45, 2.75) is 39.7 Å². The van der Waals surface area contributed by atoms with Crippen LogP contribution in [0.15, 0.2) is 48.5 Å². The van der Waals surface area contributed by atoms with Crippen LogP contribution in [0.4, 0.5) is 4.39 Å². The summed E-state index contributed by atoms with van der Waals surface area (Å²) in [4.78, 5) is 34.1. The Morgan fingerprint density at radius 2 is 1.94 bits per heavy atom. The maximum atomic E-state index is 13.9. The summed E-state index contributed by atoms with van der Waals surface area (Å²) in [7, 11) is 0. The lowest BCUT2D eigenvalue weighted by atomic mass is 9.93. The van der Waals surface area contributed by atoms with Gasteiger partial charge in [0, 0.05) is 18.7 Å². The first-order valence-electron chi connectivity index (χ1n) is 12.2. The second-order valence-electron chi connectivity index (χ2n) is 10.0. The number of nitrogens with zero attached hydrogens (tertiary/aromatic N) is 2. The Labute approximate surface area is 209 Å². The number of halogens is 1. The Kier molecular flexibility index (Phi) is 6.45. The van der Waals surface area contributed by atoms with E-state index in [1.165, 1.54) is 29.5 Å². The number of amides is 2. The fourth-order valence-electron chi connectivity index (χ4n) is 5.86. The molecule has 0 radical (unpaired) electrons. The lowest BCUT2D eigenvalue weighted by molar-refractivity contribution is 0.0692. The van der Waals surface area contributed by atoms with Crippen LogP contribution >= 0.6 is 11.3 Å². The van der Waals surface area contributed by atoms with Gasteiger partial charge in [-0.2, -0.15) is 0 Å². The van der Waals surface area contributed by atoms with Crippen LogP contribution < -0.4 is 5.32 Å². The second kappa shape index (κ2) is 9.53. The lowest BCUT2D eigenvalue weighted by Gasteiger charge is -2.28. The van der Waals surface area contributed by atoms with Crippen LogP contribution in [0.5, 0.6) is 0 Å². The number of rotatable bonds is 5. The van der Waals surface area contributed by atoms with E-state index in [9.17, 15) is 14.0 Å². The summed E-state index contributed by atoms with van der Waals surface area (Å²) < 4.78 is 13.6.